The van der Waals surface area contributed by atoms with E-state index in [1.165, 1.54) is 0 Å². The topological polar surface area (TPSA) is 29.5 Å². The van der Waals surface area contributed by atoms with Crippen LogP contribution in [-0.2, 0) is 9.53 Å². The van der Waals surface area contributed by atoms with Gasteiger partial charge >= 0.3 is 30.4 Å². The first-order valence-corrected chi connectivity index (χ1v) is 5.50. The fourth-order valence-electron chi connectivity index (χ4n) is 1.67. The van der Waals surface area contributed by atoms with Gasteiger partial charge in [-0.05, 0) is 0 Å². The average molecular weight is 369 g/mol. The normalized spacial score (nSPS) is 25.5. The number of alkyl halides is 10. The Labute approximate surface area is 120 Å². The Kier molecular flexibility index (Phi) is 4.94. The highest BCUT2D eigenvalue weighted by Crippen LogP contribution is 2.43. The van der Waals surface area contributed by atoms with E-state index >= 15 is 0 Å². The summed E-state index contributed by atoms with van der Waals surface area (Å²) in [5.74, 6) is -6.13. The van der Waals surface area contributed by atoms with Crippen LogP contribution in [0.2, 0.25) is 0 Å². The van der Waals surface area contributed by atoms with Crippen LogP contribution in [0.4, 0.5) is 48.3 Å². The number of nitrogens with zero attached hydrogens (tertiary/aromatic N) is 1. The lowest BCUT2D eigenvalue weighted by atomic mass is 10.1. The Morgan fingerprint density at radius 2 is 1.17 bits per heavy atom. The van der Waals surface area contributed by atoms with E-state index in [9.17, 15) is 53.1 Å². The average Bonchev–Trinajstić information content (AvgIpc) is 2.35. The molecule has 1 heterocycles. The minimum Gasteiger partial charge on any atom is -0.353 e. The van der Waals surface area contributed by atoms with Crippen molar-refractivity contribution < 1.29 is 57.8 Å². The van der Waals surface area contributed by atoms with Crippen molar-refractivity contribution in [3.63, 3.8) is 0 Å². The summed E-state index contributed by atoms with van der Waals surface area (Å²) in [6.07, 6.45) is -18.2. The second kappa shape index (κ2) is 5.72. The summed E-state index contributed by atoms with van der Waals surface area (Å²) in [7, 11) is 0. The van der Waals surface area contributed by atoms with E-state index in [4.69, 9.17) is 0 Å². The molecule has 1 saturated heterocycles. The zero-order valence-electron chi connectivity index (χ0n) is 10.5. The van der Waals surface area contributed by atoms with Gasteiger partial charge in [-0.2, -0.15) is 48.3 Å². The van der Waals surface area contributed by atoms with Gasteiger partial charge in [-0.15, -0.1) is 0 Å². The molecule has 14 heteroatoms. The number of ether oxygens (including phenoxy) is 1. The van der Waals surface area contributed by atoms with Crippen LogP contribution in [-0.4, -0.2) is 60.6 Å². The number of hydrogen-bond donors (Lipinski definition) is 0. The van der Waals surface area contributed by atoms with Crippen LogP contribution < -0.4 is 0 Å². The van der Waals surface area contributed by atoms with E-state index in [1.54, 1.807) is 0 Å². The van der Waals surface area contributed by atoms with E-state index < -0.39 is 60.6 Å². The van der Waals surface area contributed by atoms with Gasteiger partial charge in [0.2, 0.25) is 0 Å². The summed E-state index contributed by atoms with van der Waals surface area (Å²) in [6.45, 7) is -4.29. The first-order valence-electron chi connectivity index (χ1n) is 5.50. The third-order valence-electron chi connectivity index (χ3n) is 2.85. The summed E-state index contributed by atoms with van der Waals surface area (Å²) < 4.78 is 143. The van der Waals surface area contributed by atoms with E-state index in [1.807, 2.05) is 0 Å². The van der Waals surface area contributed by atoms with Gasteiger partial charge in [0.15, 0.2) is 12.2 Å². The number of carbonyl (C=O) groups excluding carboxylic acids is 1. The molecule has 0 spiro atoms. The van der Waals surface area contributed by atoms with Crippen LogP contribution in [0.1, 0.15) is 0 Å². The molecule has 1 rings (SSSR count). The summed E-state index contributed by atoms with van der Waals surface area (Å²) in [5.41, 5.74) is 0. The van der Waals surface area contributed by atoms with E-state index in [-0.39, 0.29) is 0 Å². The highest BCUT2D eigenvalue weighted by Gasteiger charge is 2.68. The molecule has 0 N–H and O–H groups in total. The summed E-state index contributed by atoms with van der Waals surface area (Å²) in [6, 6.07) is -9.82. The fraction of sp³-hybridized carbons (Fsp3) is 0.889. The number of hydrogen-bond acceptors (Lipinski definition) is 3. The maximum atomic E-state index is 13.4. The van der Waals surface area contributed by atoms with Crippen LogP contribution in [0.25, 0.3) is 0 Å². The molecular formula is C9H6F11NO2. The Bertz CT molecular complexity index is 435. The monoisotopic (exact) mass is 369 g/mol. The van der Waals surface area contributed by atoms with Crippen molar-refractivity contribution in [3.8, 4) is 0 Å². The van der Waals surface area contributed by atoms with Crippen molar-refractivity contribution in [2.24, 2.45) is 0 Å². The number of halogens is 11. The third kappa shape index (κ3) is 3.84. The second-order valence-corrected chi connectivity index (χ2v) is 4.49. The zero-order chi connectivity index (χ0) is 18.4. The quantitative estimate of drug-likeness (QED) is 0.435. The SMILES string of the molecule is O=C(F)C(F)(F)C(F)(F)N1CC(C(F)(F)F)OC(C(F)(F)F)C1. The molecule has 136 valence electrons. The van der Waals surface area contributed by atoms with E-state index in [2.05, 4.69) is 4.74 Å². The Hall–Kier alpha value is -1.18. The molecule has 2 unspecified atom stereocenters. The molecule has 0 aromatic heterocycles. The molecule has 0 aromatic rings. The van der Waals surface area contributed by atoms with Gasteiger partial charge < -0.3 is 4.74 Å². The molecule has 0 bridgehead atoms. The van der Waals surface area contributed by atoms with Gasteiger partial charge in [0.05, 0.1) is 0 Å². The van der Waals surface area contributed by atoms with Crippen molar-refractivity contribution in [2.45, 2.75) is 36.5 Å². The minimum absolute atomic E-state index is 1.27. The number of morpholine rings is 1. The Morgan fingerprint density at radius 1 is 0.826 bits per heavy atom. The largest absolute Gasteiger partial charge is 0.415 e. The maximum Gasteiger partial charge on any atom is 0.415 e. The van der Waals surface area contributed by atoms with E-state index in [0.717, 1.165) is 0 Å². The summed E-state index contributed by atoms with van der Waals surface area (Å²) in [4.78, 5) is 8.64. The zero-order valence-corrected chi connectivity index (χ0v) is 10.5. The number of rotatable bonds is 3. The first-order chi connectivity index (χ1) is 10.0. The van der Waals surface area contributed by atoms with Crippen LogP contribution >= 0.6 is 0 Å². The van der Waals surface area contributed by atoms with E-state index in [0.29, 0.717) is 0 Å². The molecule has 1 aliphatic rings. The molecule has 0 aromatic carbocycles. The van der Waals surface area contributed by atoms with Crippen LogP contribution in [0.15, 0.2) is 0 Å². The van der Waals surface area contributed by atoms with Crippen molar-refractivity contribution in [1.29, 1.82) is 0 Å². The Balaban J connectivity index is 3.21. The lowest BCUT2D eigenvalue weighted by Crippen LogP contribution is -2.66. The fourth-order valence-corrected chi connectivity index (χ4v) is 1.67. The van der Waals surface area contributed by atoms with Crippen LogP contribution in [0, 0.1) is 0 Å². The molecule has 0 radical (unpaired) electrons. The Morgan fingerprint density at radius 3 is 1.43 bits per heavy atom. The maximum absolute atomic E-state index is 13.4. The molecule has 1 fully saturated rings. The lowest BCUT2D eigenvalue weighted by molar-refractivity contribution is -0.348. The molecular weight excluding hydrogens is 363 g/mol. The molecule has 3 nitrogen and oxygen atoms in total. The van der Waals surface area contributed by atoms with Crippen molar-refractivity contribution in [3.05, 3.63) is 0 Å². The second-order valence-electron chi connectivity index (χ2n) is 4.49. The van der Waals surface area contributed by atoms with Gasteiger partial charge in [-0.1, -0.05) is 0 Å². The first kappa shape index (κ1) is 19.9. The smallest absolute Gasteiger partial charge is 0.353 e. The predicted molar refractivity (Wildman–Crippen MR) is 48.4 cm³/mol. The van der Waals surface area contributed by atoms with Crippen molar-refractivity contribution in [2.75, 3.05) is 13.1 Å². The van der Waals surface area contributed by atoms with Gasteiger partial charge in [-0.25, -0.2) is 4.90 Å². The molecule has 0 saturated carbocycles. The third-order valence-corrected chi connectivity index (χ3v) is 2.85. The highest BCUT2D eigenvalue weighted by molar-refractivity contribution is 5.77. The van der Waals surface area contributed by atoms with Crippen LogP contribution in [0.3, 0.4) is 0 Å². The lowest BCUT2D eigenvalue weighted by Gasteiger charge is -2.43. The van der Waals surface area contributed by atoms with Gasteiger partial charge in [0.1, 0.15) is 0 Å². The van der Waals surface area contributed by atoms with Gasteiger partial charge in [0.25, 0.3) is 0 Å². The van der Waals surface area contributed by atoms with Crippen molar-refractivity contribution in [1.82, 2.24) is 4.90 Å². The number of carbonyl (C=O) groups is 1. The molecule has 2 atom stereocenters. The van der Waals surface area contributed by atoms with Gasteiger partial charge in [-0.3, -0.25) is 4.79 Å². The molecule has 23 heavy (non-hydrogen) atoms. The predicted octanol–water partition coefficient (Wildman–Crippen LogP) is 2.90. The standard InChI is InChI=1S/C9H6F11NO2/c10-5(22)6(11,12)9(19,20)21-1-3(7(13,14)15)23-4(2-21)8(16,17)18/h3-4H,1-2H2. The highest BCUT2D eigenvalue weighted by atomic mass is 19.4. The van der Waals surface area contributed by atoms with Crippen LogP contribution in [0.5, 0.6) is 0 Å². The molecule has 1 aliphatic heterocycles. The summed E-state index contributed by atoms with van der Waals surface area (Å²) >= 11 is 0. The molecule has 0 aliphatic carbocycles. The minimum atomic E-state index is -6.13. The summed E-state index contributed by atoms with van der Waals surface area (Å²) in [5, 5.41) is 0. The van der Waals surface area contributed by atoms with Gasteiger partial charge in [0, 0.05) is 13.1 Å². The van der Waals surface area contributed by atoms with Crippen molar-refractivity contribution >= 4 is 6.04 Å². The molecule has 0 amide bonds.